The maximum atomic E-state index is 11.2. The van der Waals surface area contributed by atoms with Gasteiger partial charge in [-0.05, 0) is 110 Å². The second kappa shape index (κ2) is 7.69. The molecule has 3 heteroatoms. The van der Waals surface area contributed by atoms with Gasteiger partial charge in [-0.25, -0.2) is 0 Å². The molecule has 0 aliphatic heterocycles. The van der Waals surface area contributed by atoms with Crippen molar-refractivity contribution in [1.29, 1.82) is 0 Å². The Balaban J connectivity index is 1.38. The smallest absolute Gasteiger partial charge is 0.0830 e. The molecule has 0 unspecified atom stereocenters. The summed E-state index contributed by atoms with van der Waals surface area (Å²) < 4.78 is 6.27. The molecule has 1 spiro atoms. The van der Waals surface area contributed by atoms with Gasteiger partial charge in [-0.15, -0.1) is 0 Å². The highest BCUT2D eigenvalue weighted by Crippen LogP contribution is 2.82. The van der Waals surface area contributed by atoms with Gasteiger partial charge in [0.15, 0.2) is 0 Å². The number of aliphatic hydroxyl groups is 2. The largest absolute Gasteiger partial charge is 0.390 e. The first-order chi connectivity index (χ1) is 15.0. The molecule has 5 rings (SSSR count). The Labute approximate surface area is 197 Å². The maximum absolute atomic E-state index is 11.2. The third kappa shape index (κ3) is 2.89. The van der Waals surface area contributed by atoms with Gasteiger partial charge in [0.1, 0.15) is 0 Å². The molecule has 5 fully saturated rings. The van der Waals surface area contributed by atoms with Gasteiger partial charge in [0.25, 0.3) is 0 Å². The zero-order valence-electron chi connectivity index (χ0n) is 21.8. The summed E-state index contributed by atoms with van der Waals surface area (Å²) in [6.45, 7) is 13.8. The fourth-order valence-corrected chi connectivity index (χ4v) is 10.7. The Morgan fingerprint density at radius 3 is 2.22 bits per heavy atom. The van der Waals surface area contributed by atoms with Gasteiger partial charge in [-0.1, -0.05) is 41.5 Å². The molecule has 0 aromatic carbocycles. The van der Waals surface area contributed by atoms with Crippen molar-refractivity contribution in [3.8, 4) is 0 Å². The minimum atomic E-state index is -0.624. The molecule has 0 aromatic rings. The van der Waals surface area contributed by atoms with Crippen molar-refractivity contribution in [3.63, 3.8) is 0 Å². The Morgan fingerprint density at radius 1 is 0.875 bits per heavy atom. The van der Waals surface area contributed by atoms with E-state index in [9.17, 15) is 10.2 Å². The minimum Gasteiger partial charge on any atom is -0.390 e. The van der Waals surface area contributed by atoms with E-state index < -0.39 is 12.2 Å². The highest BCUT2D eigenvalue weighted by atomic mass is 16.5. The number of methoxy groups -OCH3 is 1. The van der Waals surface area contributed by atoms with Crippen LogP contribution in [0, 0.1) is 63.6 Å². The van der Waals surface area contributed by atoms with Crippen LogP contribution in [0.25, 0.3) is 0 Å². The summed E-state index contributed by atoms with van der Waals surface area (Å²) in [5.41, 5.74) is 1.27. The molecule has 13 atom stereocenters. The zero-order valence-corrected chi connectivity index (χ0v) is 21.8. The van der Waals surface area contributed by atoms with Crippen molar-refractivity contribution in [2.45, 2.75) is 111 Å². The molecule has 0 aromatic heterocycles. The lowest BCUT2D eigenvalue weighted by Gasteiger charge is -2.61. The van der Waals surface area contributed by atoms with E-state index in [0.29, 0.717) is 34.2 Å². The van der Waals surface area contributed by atoms with Gasteiger partial charge < -0.3 is 14.9 Å². The molecule has 0 heterocycles. The van der Waals surface area contributed by atoms with Crippen molar-refractivity contribution in [1.82, 2.24) is 0 Å². The molecule has 2 N–H and O–H groups in total. The standard InChI is InChI=1S/C29H50O3/c1-16(2)17(3)25(30)26(31)18(4)21-8-9-22-20-14-24(32-7)29-15-19(29)10-13-28(29,6)23(20)11-12-27(21,22)5/h16-26,30-31H,8-15H2,1-7H3/t17-,18-,19-,20-,21+,22-,23-,24+,25+,26+,27+,28+,29-/m0/s1. The molecule has 0 amide bonds. The summed E-state index contributed by atoms with van der Waals surface area (Å²) in [6, 6.07) is 0. The summed E-state index contributed by atoms with van der Waals surface area (Å²) in [6.07, 6.45) is 9.94. The Kier molecular flexibility index (Phi) is 5.67. The highest BCUT2D eigenvalue weighted by molar-refractivity contribution is 5.26. The van der Waals surface area contributed by atoms with E-state index in [1.165, 1.54) is 51.4 Å². The molecular weight excluding hydrogens is 396 g/mol. The van der Waals surface area contributed by atoms with Crippen molar-refractivity contribution in [3.05, 3.63) is 0 Å². The van der Waals surface area contributed by atoms with Crippen LogP contribution in [0.3, 0.4) is 0 Å². The van der Waals surface area contributed by atoms with Crippen LogP contribution in [0.5, 0.6) is 0 Å². The monoisotopic (exact) mass is 446 g/mol. The molecule has 0 saturated heterocycles. The number of hydrogen-bond acceptors (Lipinski definition) is 3. The lowest BCUT2D eigenvalue weighted by atomic mass is 9.45. The Morgan fingerprint density at radius 2 is 1.59 bits per heavy atom. The predicted octanol–water partition coefficient (Wildman–Crippen LogP) is 5.92. The molecule has 184 valence electrons. The van der Waals surface area contributed by atoms with Crippen molar-refractivity contribution < 1.29 is 14.9 Å². The Bertz CT molecular complexity index is 721. The maximum Gasteiger partial charge on any atom is 0.0830 e. The van der Waals surface area contributed by atoms with Crippen LogP contribution < -0.4 is 0 Å². The third-order valence-electron chi connectivity index (χ3n) is 13.0. The van der Waals surface area contributed by atoms with Gasteiger partial charge in [0, 0.05) is 12.5 Å². The van der Waals surface area contributed by atoms with Gasteiger partial charge in [0.2, 0.25) is 0 Å². The van der Waals surface area contributed by atoms with E-state index >= 15 is 0 Å². The van der Waals surface area contributed by atoms with E-state index in [0.717, 1.165) is 23.7 Å². The summed E-state index contributed by atoms with van der Waals surface area (Å²) in [5, 5.41) is 22.1. The fourth-order valence-electron chi connectivity index (χ4n) is 10.7. The zero-order chi connectivity index (χ0) is 23.2. The van der Waals surface area contributed by atoms with E-state index in [4.69, 9.17) is 4.74 Å². The summed E-state index contributed by atoms with van der Waals surface area (Å²) in [4.78, 5) is 0. The van der Waals surface area contributed by atoms with Crippen LogP contribution in [-0.2, 0) is 4.74 Å². The molecule has 5 aliphatic rings. The second-order valence-corrected chi connectivity index (χ2v) is 13.9. The van der Waals surface area contributed by atoms with Gasteiger partial charge >= 0.3 is 0 Å². The van der Waals surface area contributed by atoms with Crippen molar-refractivity contribution in [2.24, 2.45) is 63.6 Å². The quantitative estimate of drug-likeness (QED) is 0.532. The molecule has 32 heavy (non-hydrogen) atoms. The second-order valence-electron chi connectivity index (χ2n) is 13.9. The lowest BCUT2D eigenvalue weighted by molar-refractivity contribution is -0.164. The molecule has 5 saturated carbocycles. The Hall–Kier alpha value is -0.120. The van der Waals surface area contributed by atoms with Crippen LogP contribution in [-0.4, -0.2) is 35.6 Å². The van der Waals surface area contributed by atoms with E-state index in [2.05, 4.69) is 41.5 Å². The van der Waals surface area contributed by atoms with Crippen LogP contribution in [0.15, 0.2) is 0 Å². The summed E-state index contributed by atoms with van der Waals surface area (Å²) in [7, 11) is 1.98. The topological polar surface area (TPSA) is 49.7 Å². The minimum absolute atomic E-state index is 0.124. The van der Waals surface area contributed by atoms with E-state index in [-0.39, 0.29) is 11.8 Å². The average molecular weight is 447 g/mol. The first-order valence-electron chi connectivity index (χ1n) is 13.9. The molecule has 5 aliphatic carbocycles. The average Bonchev–Trinajstić information content (AvgIpc) is 3.28. The SMILES string of the molecule is CO[C@@H]1C[C@H]2[C@@H]3CC[C@H]([C@H](C)[C@@H](O)[C@H](O)[C@@H](C)C(C)C)[C@@]3(C)CC[C@@H]2[C@@]2(C)CC[C@H]3C[C@]312. The lowest BCUT2D eigenvalue weighted by Crippen LogP contribution is -2.57. The number of rotatable bonds is 6. The van der Waals surface area contributed by atoms with E-state index in [1.54, 1.807) is 0 Å². The first kappa shape index (κ1) is 23.6. The summed E-state index contributed by atoms with van der Waals surface area (Å²) >= 11 is 0. The molecule has 0 bridgehead atoms. The van der Waals surface area contributed by atoms with E-state index in [1.807, 2.05) is 7.11 Å². The van der Waals surface area contributed by atoms with Crippen LogP contribution in [0.1, 0.15) is 92.9 Å². The molecule has 0 radical (unpaired) electrons. The van der Waals surface area contributed by atoms with Crippen molar-refractivity contribution in [2.75, 3.05) is 7.11 Å². The first-order valence-corrected chi connectivity index (χ1v) is 13.9. The fraction of sp³-hybridized carbons (Fsp3) is 1.00. The number of fused-ring (bicyclic) bond motifs is 4. The third-order valence-corrected chi connectivity index (χ3v) is 13.0. The van der Waals surface area contributed by atoms with Gasteiger partial charge in [-0.2, -0.15) is 0 Å². The number of ether oxygens (including phenoxy) is 1. The highest BCUT2D eigenvalue weighted by Gasteiger charge is 2.77. The number of hydrogen-bond donors (Lipinski definition) is 2. The van der Waals surface area contributed by atoms with Gasteiger partial charge in [0.05, 0.1) is 18.3 Å². The van der Waals surface area contributed by atoms with Crippen molar-refractivity contribution >= 4 is 0 Å². The van der Waals surface area contributed by atoms with Crippen LogP contribution >= 0.6 is 0 Å². The summed E-state index contributed by atoms with van der Waals surface area (Å²) in [5.74, 6) is 4.51. The molecular formula is C29H50O3. The molecule has 3 nitrogen and oxygen atoms in total. The van der Waals surface area contributed by atoms with Gasteiger partial charge in [-0.3, -0.25) is 0 Å². The number of aliphatic hydroxyl groups excluding tert-OH is 2. The predicted molar refractivity (Wildman–Crippen MR) is 129 cm³/mol. The van der Waals surface area contributed by atoms with Crippen LogP contribution in [0.2, 0.25) is 0 Å². The van der Waals surface area contributed by atoms with Crippen LogP contribution in [0.4, 0.5) is 0 Å². The normalized spacial score (nSPS) is 53.1.